The van der Waals surface area contributed by atoms with Gasteiger partial charge in [-0.3, -0.25) is 9.36 Å². The zero-order chi connectivity index (χ0) is 36.6. The fraction of sp³-hybridized carbons (Fsp3) is 0.368. The van der Waals surface area contributed by atoms with E-state index in [1.54, 1.807) is 7.11 Å². The lowest BCUT2D eigenvalue weighted by atomic mass is 9.91. The van der Waals surface area contributed by atoms with Gasteiger partial charge in [-0.2, -0.15) is 5.10 Å². The Morgan fingerprint density at radius 3 is 2.56 bits per heavy atom. The van der Waals surface area contributed by atoms with Crippen molar-refractivity contribution in [1.29, 1.82) is 0 Å². The fourth-order valence-corrected chi connectivity index (χ4v) is 6.93. The number of para-hydroxylation sites is 1. The lowest BCUT2D eigenvalue weighted by Crippen LogP contribution is -2.48. The Balaban J connectivity index is 1.46. The van der Waals surface area contributed by atoms with Gasteiger partial charge in [-0.15, -0.1) is 0 Å². The van der Waals surface area contributed by atoms with E-state index >= 15 is 9.18 Å². The Morgan fingerprint density at radius 1 is 1.08 bits per heavy atom. The van der Waals surface area contributed by atoms with Gasteiger partial charge in [0.2, 0.25) is 5.79 Å². The van der Waals surface area contributed by atoms with Gasteiger partial charge in [0.05, 0.1) is 32.0 Å². The van der Waals surface area contributed by atoms with Crippen molar-refractivity contribution < 1.29 is 27.8 Å². The number of benzene rings is 3. The number of carbonyl (C=O) groups is 1. The average Bonchev–Trinajstić information content (AvgIpc) is 3.87. The number of methoxy groups -OCH3 is 1. The molecular formula is C38H41F2N7O5. The summed E-state index contributed by atoms with van der Waals surface area (Å²) in [5.41, 5.74) is 0.811. The maximum absolute atomic E-state index is 15.6. The normalized spacial score (nSPS) is 20.7. The summed E-state index contributed by atoms with van der Waals surface area (Å²) in [6.07, 6.45) is 1.64. The summed E-state index contributed by atoms with van der Waals surface area (Å²) in [6.45, 7) is 6.50. The number of anilines is 1. The number of hydrogen-bond acceptors (Lipinski definition) is 9. The highest BCUT2D eigenvalue weighted by Gasteiger charge is 2.49. The Hall–Kier alpha value is -5.18. The molecule has 2 aliphatic heterocycles. The summed E-state index contributed by atoms with van der Waals surface area (Å²) in [5.74, 6) is -2.44. The molecule has 3 atom stereocenters. The van der Waals surface area contributed by atoms with Crippen molar-refractivity contribution in [2.45, 2.75) is 51.9 Å². The van der Waals surface area contributed by atoms with Crippen LogP contribution in [0.25, 0.3) is 11.3 Å². The molecular weight excluding hydrogens is 672 g/mol. The van der Waals surface area contributed by atoms with E-state index in [0.29, 0.717) is 42.5 Å². The van der Waals surface area contributed by atoms with E-state index in [9.17, 15) is 9.18 Å². The molecule has 2 fully saturated rings. The van der Waals surface area contributed by atoms with E-state index in [2.05, 4.69) is 20.3 Å². The van der Waals surface area contributed by atoms with Crippen LogP contribution in [0.2, 0.25) is 0 Å². The van der Waals surface area contributed by atoms with Gasteiger partial charge in [0.25, 0.3) is 0 Å². The maximum Gasteiger partial charge on any atom is 0.332 e. The van der Waals surface area contributed by atoms with Gasteiger partial charge in [0.1, 0.15) is 42.4 Å². The van der Waals surface area contributed by atoms with Crippen molar-refractivity contribution in [3.8, 4) is 17.0 Å². The van der Waals surface area contributed by atoms with Crippen LogP contribution in [0.3, 0.4) is 0 Å². The molecule has 3 aromatic carbocycles. The standard InChI is InChI=1S/C38H41F2N7O5/c1-37(2,3)32(48)20-46-34(25-10-6-5-7-11-25)35(45-17-16-41-19-30(45)27-12-8-9-13-31(27)50-4)47(36(46)49)33-21-51-38(52-33,22-44-24-42-23-43-44)28-15-14-26(39)18-29(28)40/h5-15,18,23-24,30,33,41H,16-17,19-22H2,1-4H3. The van der Waals surface area contributed by atoms with Gasteiger partial charge in [-0.25, -0.2) is 27.8 Å². The minimum Gasteiger partial charge on any atom is -0.496 e. The molecule has 0 aliphatic carbocycles. The van der Waals surface area contributed by atoms with Crippen LogP contribution in [0.1, 0.15) is 44.2 Å². The quantitative estimate of drug-likeness (QED) is 0.212. The van der Waals surface area contributed by atoms with Crippen molar-refractivity contribution in [3.05, 3.63) is 119 Å². The molecule has 272 valence electrons. The number of nitrogens with one attached hydrogen (secondary N) is 1. The van der Waals surface area contributed by atoms with Crippen molar-refractivity contribution in [1.82, 2.24) is 29.2 Å². The topological polar surface area (TPSA) is 118 Å². The molecule has 14 heteroatoms. The Bertz CT molecular complexity index is 2110. The monoisotopic (exact) mass is 713 g/mol. The molecule has 12 nitrogen and oxygen atoms in total. The summed E-state index contributed by atoms with van der Waals surface area (Å²) in [5, 5.41) is 7.68. The number of halogens is 2. The minimum absolute atomic E-state index is 0.0683. The summed E-state index contributed by atoms with van der Waals surface area (Å²) in [7, 11) is 1.62. The average molecular weight is 714 g/mol. The number of ether oxygens (including phenoxy) is 3. The third-order valence-electron chi connectivity index (χ3n) is 9.60. The van der Waals surface area contributed by atoms with Crippen LogP contribution in [-0.4, -0.2) is 63.0 Å². The highest BCUT2D eigenvalue weighted by Crippen LogP contribution is 2.45. The Labute approximate surface area is 299 Å². The van der Waals surface area contributed by atoms with E-state index in [-0.39, 0.29) is 37.1 Å². The van der Waals surface area contributed by atoms with Crippen LogP contribution in [0, 0.1) is 17.0 Å². The van der Waals surface area contributed by atoms with E-state index in [4.69, 9.17) is 14.2 Å². The number of aromatic nitrogens is 5. The molecule has 7 rings (SSSR count). The van der Waals surface area contributed by atoms with Crippen LogP contribution in [-0.2, 0) is 33.1 Å². The second-order valence-corrected chi connectivity index (χ2v) is 14.0. The predicted molar refractivity (Wildman–Crippen MR) is 189 cm³/mol. The summed E-state index contributed by atoms with van der Waals surface area (Å²) in [6, 6.07) is 20.0. The number of carbonyl (C=O) groups excluding carboxylic acids is 1. The summed E-state index contributed by atoms with van der Waals surface area (Å²) in [4.78, 5) is 34.9. The van der Waals surface area contributed by atoms with Crippen molar-refractivity contribution in [2.75, 3.05) is 38.3 Å². The van der Waals surface area contributed by atoms with Crippen LogP contribution in [0.15, 0.2) is 90.2 Å². The minimum atomic E-state index is -1.82. The van der Waals surface area contributed by atoms with E-state index in [0.717, 1.165) is 17.7 Å². The number of imidazole rings is 1. The first-order valence-corrected chi connectivity index (χ1v) is 17.1. The summed E-state index contributed by atoms with van der Waals surface area (Å²) >= 11 is 0. The molecule has 2 aliphatic rings. The number of Topliss-reactive ketones (excluding diaryl/α,β-unsaturated/α-hetero) is 1. The smallest absolute Gasteiger partial charge is 0.332 e. The zero-order valence-electron chi connectivity index (χ0n) is 29.5. The van der Waals surface area contributed by atoms with Gasteiger partial charge < -0.3 is 24.4 Å². The maximum atomic E-state index is 15.6. The number of hydrogen-bond donors (Lipinski definition) is 1. The van der Waals surface area contributed by atoms with Gasteiger partial charge in [0, 0.05) is 47.8 Å². The van der Waals surface area contributed by atoms with Crippen LogP contribution in [0.5, 0.6) is 5.75 Å². The summed E-state index contributed by atoms with van der Waals surface area (Å²) < 4.78 is 53.1. The molecule has 52 heavy (non-hydrogen) atoms. The first-order valence-electron chi connectivity index (χ1n) is 17.1. The van der Waals surface area contributed by atoms with E-state index in [1.807, 2.05) is 75.4 Å². The van der Waals surface area contributed by atoms with Gasteiger partial charge in [-0.05, 0) is 18.2 Å². The number of piperazine rings is 1. The van der Waals surface area contributed by atoms with Gasteiger partial charge in [0.15, 0.2) is 12.0 Å². The van der Waals surface area contributed by atoms with Crippen LogP contribution in [0.4, 0.5) is 14.6 Å². The highest BCUT2D eigenvalue weighted by molar-refractivity contribution is 5.85. The second-order valence-electron chi connectivity index (χ2n) is 14.0. The molecule has 0 bridgehead atoms. The first-order chi connectivity index (χ1) is 25.0. The molecule has 2 aromatic heterocycles. The number of ketones is 1. The molecule has 1 N–H and O–H groups in total. The molecule has 0 spiro atoms. The molecule has 4 heterocycles. The number of rotatable bonds is 10. The molecule has 0 amide bonds. The van der Waals surface area contributed by atoms with Crippen molar-refractivity contribution in [3.63, 3.8) is 0 Å². The fourth-order valence-electron chi connectivity index (χ4n) is 6.93. The van der Waals surface area contributed by atoms with Gasteiger partial charge in [-0.1, -0.05) is 69.3 Å². The lowest BCUT2D eigenvalue weighted by Gasteiger charge is -2.40. The molecule has 2 saturated heterocycles. The van der Waals surface area contributed by atoms with Crippen LogP contribution < -0.4 is 20.6 Å². The lowest BCUT2D eigenvalue weighted by molar-refractivity contribution is -0.199. The van der Waals surface area contributed by atoms with Crippen molar-refractivity contribution in [2.24, 2.45) is 5.41 Å². The Morgan fingerprint density at radius 2 is 1.85 bits per heavy atom. The first kappa shape index (κ1) is 35.2. The molecule has 0 saturated carbocycles. The van der Waals surface area contributed by atoms with Gasteiger partial charge >= 0.3 is 5.69 Å². The highest BCUT2D eigenvalue weighted by atomic mass is 19.1. The number of nitrogens with zero attached hydrogens (tertiary/aromatic N) is 6. The molecule has 3 unspecified atom stereocenters. The SMILES string of the molecule is COc1ccccc1C1CNCCN1c1c(-c2ccccc2)n(CC(=O)C(C)(C)C)c(=O)n1C1COC(Cn2cncn2)(c2ccc(F)cc2F)O1. The predicted octanol–water partition coefficient (Wildman–Crippen LogP) is 5.06. The van der Waals surface area contributed by atoms with Crippen LogP contribution >= 0.6 is 0 Å². The second kappa shape index (κ2) is 14.1. The molecule has 0 radical (unpaired) electrons. The van der Waals surface area contributed by atoms with E-state index < -0.39 is 34.8 Å². The third kappa shape index (κ3) is 6.53. The Kier molecular flexibility index (Phi) is 9.55. The van der Waals surface area contributed by atoms with E-state index in [1.165, 1.54) is 32.5 Å². The third-order valence-corrected chi connectivity index (χ3v) is 9.60. The largest absolute Gasteiger partial charge is 0.496 e. The van der Waals surface area contributed by atoms with Crippen molar-refractivity contribution >= 4 is 11.6 Å². The zero-order valence-corrected chi connectivity index (χ0v) is 29.5. The molecule has 5 aromatic rings.